The van der Waals surface area contributed by atoms with Gasteiger partial charge in [-0.3, -0.25) is 0 Å². The highest BCUT2D eigenvalue weighted by Crippen LogP contribution is 2.23. The Morgan fingerprint density at radius 1 is 1.19 bits per heavy atom. The van der Waals surface area contributed by atoms with Crippen LogP contribution in [0.2, 0.25) is 0 Å². The molecule has 2 heterocycles. The summed E-state index contributed by atoms with van der Waals surface area (Å²) >= 11 is 3.38. The van der Waals surface area contributed by atoms with E-state index in [4.69, 9.17) is 10.00 Å². The van der Waals surface area contributed by atoms with E-state index in [1.165, 1.54) is 9.75 Å². The van der Waals surface area contributed by atoms with Gasteiger partial charge in [0.15, 0.2) is 0 Å². The van der Waals surface area contributed by atoms with Crippen LogP contribution in [0.5, 0.6) is 5.75 Å². The fourth-order valence-corrected chi connectivity index (χ4v) is 3.07. The van der Waals surface area contributed by atoms with Crippen LogP contribution >= 0.6 is 22.7 Å². The van der Waals surface area contributed by atoms with Gasteiger partial charge in [-0.1, -0.05) is 0 Å². The molecule has 0 amide bonds. The fourth-order valence-electron chi connectivity index (χ4n) is 1.42. The fraction of sp³-hybridized carbons (Fsp3) is 0.250. The molecule has 0 spiro atoms. The van der Waals surface area contributed by atoms with E-state index in [9.17, 15) is 0 Å². The lowest BCUT2D eigenvalue weighted by Crippen LogP contribution is -1.85. The van der Waals surface area contributed by atoms with Crippen molar-refractivity contribution < 1.29 is 4.74 Å². The summed E-state index contributed by atoms with van der Waals surface area (Å²) in [7, 11) is 1.68. The molecule has 0 aliphatic rings. The Labute approximate surface area is 103 Å². The molecule has 2 aromatic heterocycles. The minimum atomic E-state index is 0.767. The SMILES string of the molecule is COc1csc(CCc2cc(C#N)cs2)c1. The van der Waals surface area contributed by atoms with Crippen molar-refractivity contribution in [2.24, 2.45) is 0 Å². The Bertz CT molecular complexity index is 507. The summed E-state index contributed by atoms with van der Waals surface area (Å²) in [5, 5.41) is 12.6. The monoisotopic (exact) mass is 249 g/mol. The van der Waals surface area contributed by atoms with Gasteiger partial charge in [0.05, 0.1) is 18.7 Å². The maximum atomic E-state index is 8.71. The molecule has 82 valence electrons. The highest BCUT2D eigenvalue weighted by Gasteiger charge is 2.03. The Morgan fingerprint density at radius 2 is 1.88 bits per heavy atom. The lowest BCUT2D eigenvalue weighted by Gasteiger charge is -1.94. The molecule has 4 heteroatoms. The van der Waals surface area contributed by atoms with Gasteiger partial charge in [-0.15, -0.1) is 22.7 Å². The molecular formula is C12H11NOS2. The molecule has 2 nitrogen and oxygen atoms in total. The number of ether oxygens (including phenoxy) is 1. The van der Waals surface area contributed by atoms with Crippen molar-refractivity contribution in [2.75, 3.05) is 7.11 Å². The normalized spacial score (nSPS) is 10.0. The standard InChI is InChI=1S/C12H11NOS2/c1-14-10-5-12(16-8-10)3-2-11-4-9(6-13)7-15-11/h4-5,7-8H,2-3H2,1H3. The molecule has 0 N–H and O–H groups in total. The van der Waals surface area contributed by atoms with Crippen LogP contribution in [0.25, 0.3) is 0 Å². The Morgan fingerprint density at radius 3 is 2.44 bits per heavy atom. The maximum Gasteiger partial charge on any atom is 0.129 e. The summed E-state index contributed by atoms with van der Waals surface area (Å²) < 4.78 is 5.14. The maximum absolute atomic E-state index is 8.71. The largest absolute Gasteiger partial charge is 0.496 e. The third-order valence-corrected chi connectivity index (χ3v) is 4.24. The minimum Gasteiger partial charge on any atom is -0.496 e. The molecule has 0 unspecified atom stereocenters. The van der Waals surface area contributed by atoms with Gasteiger partial charge in [-0.05, 0) is 25.0 Å². The second kappa shape index (κ2) is 5.15. The molecule has 0 radical (unpaired) electrons. The summed E-state index contributed by atoms with van der Waals surface area (Å²) in [6, 6.07) is 6.19. The van der Waals surface area contributed by atoms with E-state index < -0.39 is 0 Å². The first-order valence-electron chi connectivity index (χ1n) is 4.90. The predicted octanol–water partition coefficient (Wildman–Crippen LogP) is 3.48. The number of methoxy groups -OCH3 is 1. The van der Waals surface area contributed by atoms with Crippen LogP contribution in [0.15, 0.2) is 22.9 Å². The van der Waals surface area contributed by atoms with Crippen molar-refractivity contribution in [1.82, 2.24) is 0 Å². The van der Waals surface area contributed by atoms with Crippen LogP contribution in [-0.2, 0) is 12.8 Å². The van der Waals surface area contributed by atoms with Crippen LogP contribution in [-0.4, -0.2) is 7.11 Å². The average Bonchev–Trinajstić information content (AvgIpc) is 2.95. The number of hydrogen-bond donors (Lipinski definition) is 0. The van der Waals surface area contributed by atoms with E-state index in [1.807, 2.05) is 16.8 Å². The van der Waals surface area contributed by atoms with E-state index >= 15 is 0 Å². The lowest BCUT2D eigenvalue weighted by atomic mass is 10.2. The molecule has 2 aromatic rings. The van der Waals surface area contributed by atoms with Crippen molar-refractivity contribution in [3.8, 4) is 11.8 Å². The topological polar surface area (TPSA) is 33.0 Å². The molecule has 0 saturated heterocycles. The Kier molecular flexibility index (Phi) is 3.60. The van der Waals surface area contributed by atoms with E-state index in [-0.39, 0.29) is 0 Å². The highest BCUT2D eigenvalue weighted by molar-refractivity contribution is 7.10. The first kappa shape index (κ1) is 11.2. The molecular weight excluding hydrogens is 238 g/mol. The van der Waals surface area contributed by atoms with Gasteiger partial charge >= 0.3 is 0 Å². The molecule has 0 bridgehead atoms. The zero-order valence-electron chi connectivity index (χ0n) is 8.90. The Balaban J connectivity index is 1.94. The van der Waals surface area contributed by atoms with Gasteiger partial charge < -0.3 is 4.74 Å². The third kappa shape index (κ3) is 2.63. The van der Waals surface area contributed by atoms with Gasteiger partial charge in [0.1, 0.15) is 5.75 Å². The quantitative estimate of drug-likeness (QED) is 0.831. The minimum absolute atomic E-state index is 0.767. The zero-order valence-corrected chi connectivity index (χ0v) is 10.5. The van der Waals surface area contributed by atoms with Crippen LogP contribution in [0.4, 0.5) is 0 Å². The van der Waals surface area contributed by atoms with Crippen molar-refractivity contribution in [3.63, 3.8) is 0 Å². The molecule has 0 fully saturated rings. The van der Waals surface area contributed by atoms with Crippen molar-refractivity contribution in [3.05, 3.63) is 38.2 Å². The van der Waals surface area contributed by atoms with Crippen LogP contribution in [0.1, 0.15) is 15.3 Å². The number of aryl methyl sites for hydroxylation is 2. The second-order valence-corrected chi connectivity index (χ2v) is 5.36. The molecule has 2 rings (SSSR count). The number of nitriles is 1. The Hall–Kier alpha value is -1.31. The molecule has 16 heavy (non-hydrogen) atoms. The van der Waals surface area contributed by atoms with Gasteiger partial charge in [0, 0.05) is 20.5 Å². The predicted molar refractivity (Wildman–Crippen MR) is 67.3 cm³/mol. The third-order valence-electron chi connectivity index (χ3n) is 2.27. The first-order valence-corrected chi connectivity index (χ1v) is 6.66. The van der Waals surface area contributed by atoms with E-state index in [2.05, 4.69) is 12.1 Å². The van der Waals surface area contributed by atoms with Gasteiger partial charge in [-0.2, -0.15) is 5.26 Å². The molecule has 0 aliphatic heterocycles. The van der Waals surface area contributed by atoms with Crippen molar-refractivity contribution in [2.45, 2.75) is 12.8 Å². The summed E-state index contributed by atoms with van der Waals surface area (Å²) in [5.74, 6) is 0.934. The number of rotatable bonds is 4. The van der Waals surface area contributed by atoms with Gasteiger partial charge in [-0.25, -0.2) is 0 Å². The van der Waals surface area contributed by atoms with E-state index in [0.717, 1.165) is 24.2 Å². The molecule has 0 aliphatic carbocycles. The lowest BCUT2D eigenvalue weighted by molar-refractivity contribution is 0.416. The zero-order chi connectivity index (χ0) is 11.4. The smallest absolute Gasteiger partial charge is 0.129 e. The second-order valence-electron chi connectivity index (χ2n) is 3.37. The highest BCUT2D eigenvalue weighted by atomic mass is 32.1. The number of nitrogens with zero attached hydrogens (tertiary/aromatic N) is 1. The molecule has 0 saturated carbocycles. The average molecular weight is 249 g/mol. The van der Waals surface area contributed by atoms with Crippen molar-refractivity contribution >= 4 is 22.7 Å². The summed E-state index contributed by atoms with van der Waals surface area (Å²) in [6.45, 7) is 0. The van der Waals surface area contributed by atoms with Gasteiger partial charge in [0.2, 0.25) is 0 Å². The van der Waals surface area contributed by atoms with Crippen molar-refractivity contribution in [1.29, 1.82) is 5.26 Å². The molecule has 0 aromatic carbocycles. The number of thiophene rings is 2. The summed E-state index contributed by atoms with van der Waals surface area (Å²) in [4.78, 5) is 2.59. The van der Waals surface area contributed by atoms with Crippen LogP contribution < -0.4 is 4.74 Å². The number of hydrogen-bond acceptors (Lipinski definition) is 4. The first-order chi connectivity index (χ1) is 7.81. The van der Waals surface area contributed by atoms with Crippen LogP contribution in [0.3, 0.4) is 0 Å². The van der Waals surface area contributed by atoms with E-state index in [0.29, 0.717) is 0 Å². The van der Waals surface area contributed by atoms with Crippen LogP contribution in [0, 0.1) is 11.3 Å². The molecule has 0 atom stereocenters. The summed E-state index contributed by atoms with van der Waals surface area (Å²) in [5.41, 5.74) is 0.767. The van der Waals surface area contributed by atoms with Gasteiger partial charge in [0.25, 0.3) is 0 Å². The summed E-state index contributed by atoms with van der Waals surface area (Å²) in [6.07, 6.45) is 2.01. The van der Waals surface area contributed by atoms with E-state index in [1.54, 1.807) is 29.8 Å².